The number of hydrogen-bond donors (Lipinski definition) is 1. The van der Waals surface area contributed by atoms with Gasteiger partial charge in [-0.15, -0.1) is 0 Å². The zero-order valence-corrected chi connectivity index (χ0v) is 11.0. The number of nitrogens with zero attached hydrogens (tertiary/aromatic N) is 1. The summed E-state index contributed by atoms with van der Waals surface area (Å²) in [7, 11) is 0. The third-order valence-electron chi connectivity index (χ3n) is 2.42. The summed E-state index contributed by atoms with van der Waals surface area (Å²) in [5, 5.41) is 12.0. The first-order chi connectivity index (χ1) is 8.17. The van der Waals surface area contributed by atoms with Crippen molar-refractivity contribution in [3.05, 3.63) is 35.1 Å². The molecule has 0 aromatic heterocycles. The smallest absolute Gasteiger partial charge is 0.140 e. The Kier molecular flexibility index (Phi) is 6.03. The summed E-state index contributed by atoms with van der Waals surface area (Å²) in [5.74, 6) is 1.28. The quantitative estimate of drug-likeness (QED) is 0.845. The van der Waals surface area contributed by atoms with Crippen molar-refractivity contribution in [2.75, 3.05) is 18.6 Å². The molecule has 1 N–H and O–H groups in total. The number of thioether (sulfide) groups is 1. The lowest BCUT2D eigenvalue weighted by Gasteiger charge is -2.11. The molecule has 0 aliphatic heterocycles. The normalized spacial score (nSPS) is 12.1. The lowest BCUT2D eigenvalue weighted by molar-refractivity contribution is 0.558. The third kappa shape index (κ3) is 4.76. The van der Waals surface area contributed by atoms with Crippen molar-refractivity contribution < 1.29 is 4.39 Å². The van der Waals surface area contributed by atoms with Crippen molar-refractivity contribution in [1.29, 1.82) is 5.26 Å². The first kappa shape index (κ1) is 14.0. The van der Waals surface area contributed by atoms with Gasteiger partial charge in [0.2, 0.25) is 0 Å². The zero-order chi connectivity index (χ0) is 12.7. The van der Waals surface area contributed by atoms with E-state index in [-0.39, 0.29) is 5.56 Å². The number of halogens is 1. The molecule has 2 nitrogen and oxygen atoms in total. The van der Waals surface area contributed by atoms with Crippen molar-refractivity contribution in [3.63, 3.8) is 0 Å². The fourth-order valence-electron chi connectivity index (χ4n) is 1.57. The van der Waals surface area contributed by atoms with E-state index in [2.05, 4.69) is 18.5 Å². The molecule has 1 atom stereocenters. The van der Waals surface area contributed by atoms with Gasteiger partial charge in [-0.2, -0.15) is 17.0 Å². The topological polar surface area (TPSA) is 35.8 Å². The monoisotopic (exact) mass is 252 g/mol. The van der Waals surface area contributed by atoms with Gasteiger partial charge in [-0.25, -0.2) is 4.39 Å². The van der Waals surface area contributed by atoms with Gasteiger partial charge < -0.3 is 5.32 Å². The van der Waals surface area contributed by atoms with Crippen LogP contribution in [0.2, 0.25) is 0 Å². The average Bonchev–Trinajstić information content (AvgIpc) is 2.31. The van der Waals surface area contributed by atoms with Crippen LogP contribution in [0.25, 0.3) is 0 Å². The van der Waals surface area contributed by atoms with E-state index in [1.807, 2.05) is 17.8 Å². The van der Waals surface area contributed by atoms with Crippen molar-refractivity contribution in [1.82, 2.24) is 5.32 Å². The predicted octanol–water partition coefficient (Wildman–Crippen LogP) is 2.79. The summed E-state index contributed by atoms with van der Waals surface area (Å²) < 4.78 is 13.1. The Bertz CT molecular complexity index is 401. The molecule has 1 aromatic carbocycles. The Morgan fingerprint density at radius 1 is 1.53 bits per heavy atom. The molecule has 1 unspecified atom stereocenters. The van der Waals surface area contributed by atoms with Gasteiger partial charge in [0.1, 0.15) is 11.9 Å². The van der Waals surface area contributed by atoms with Gasteiger partial charge in [0, 0.05) is 6.54 Å². The summed E-state index contributed by atoms with van der Waals surface area (Å²) >= 11 is 1.83. The molecule has 0 heterocycles. The van der Waals surface area contributed by atoms with E-state index >= 15 is 0 Å². The van der Waals surface area contributed by atoms with E-state index < -0.39 is 5.82 Å². The summed E-state index contributed by atoms with van der Waals surface area (Å²) in [6, 6.07) is 6.51. The van der Waals surface area contributed by atoms with Crippen LogP contribution in [-0.4, -0.2) is 18.6 Å². The minimum Gasteiger partial charge on any atom is -0.312 e. The Balaban J connectivity index is 2.45. The third-order valence-corrected chi connectivity index (χ3v) is 3.33. The molecule has 0 saturated carbocycles. The predicted molar refractivity (Wildman–Crippen MR) is 70.4 cm³/mol. The second-order valence-electron chi connectivity index (χ2n) is 4.12. The number of nitrogens with one attached hydrogen (secondary N) is 1. The first-order valence-corrected chi connectivity index (χ1v) is 6.95. The SMILES string of the molecule is CSCC(C)CNCc1ccc(F)c(C#N)c1. The highest BCUT2D eigenvalue weighted by molar-refractivity contribution is 7.98. The fraction of sp³-hybridized carbons (Fsp3) is 0.462. The largest absolute Gasteiger partial charge is 0.312 e. The van der Waals surface area contributed by atoms with Gasteiger partial charge in [0.15, 0.2) is 0 Å². The lowest BCUT2D eigenvalue weighted by atomic mass is 10.1. The highest BCUT2D eigenvalue weighted by Gasteiger charge is 2.04. The molecule has 4 heteroatoms. The van der Waals surface area contributed by atoms with Gasteiger partial charge in [0.25, 0.3) is 0 Å². The molecule has 0 amide bonds. The Morgan fingerprint density at radius 3 is 2.94 bits per heavy atom. The molecule has 92 valence electrons. The van der Waals surface area contributed by atoms with Crippen LogP contribution in [0.5, 0.6) is 0 Å². The van der Waals surface area contributed by atoms with Crippen LogP contribution in [0.1, 0.15) is 18.1 Å². The molecule has 1 rings (SSSR count). The minimum atomic E-state index is -0.452. The molecule has 0 bridgehead atoms. The maximum Gasteiger partial charge on any atom is 0.140 e. The van der Waals surface area contributed by atoms with Gasteiger partial charge in [-0.1, -0.05) is 13.0 Å². The second kappa shape index (κ2) is 7.31. The molecule has 0 aliphatic carbocycles. The van der Waals surface area contributed by atoms with Crippen LogP contribution in [0.4, 0.5) is 4.39 Å². The molecule has 0 radical (unpaired) electrons. The van der Waals surface area contributed by atoms with Crippen LogP contribution in [0.15, 0.2) is 18.2 Å². The lowest BCUT2D eigenvalue weighted by Crippen LogP contribution is -2.22. The van der Waals surface area contributed by atoms with Crippen molar-refractivity contribution in [3.8, 4) is 6.07 Å². The minimum absolute atomic E-state index is 0.112. The summed E-state index contributed by atoms with van der Waals surface area (Å²) in [4.78, 5) is 0. The Labute approximate surface area is 106 Å². The highest BCUT2D eigenvalue weighted by Crippen LogP contribution is 2.09. The van der Waals surface area contributed by atoms with E-state index in [4.69, 9.17) is 5.26 Å². The maximum atomic E-state index is 13.1. The molecule has 17 heavy (non-hydrogen) atoms. The Hall–Kier alpha value is -1.05. The van der Waals surface area contributed by atoms with E-state index in [0.717, 1.165) is 17.9 Å². The number of hydrogen-bond acceptors (Lipinski definition) is 3. The standard InChI is InChI=1S/C13H17FN2S/c1-10(9-17-2)7-16-8-11-3-4-13(14)12(5-11)6-15/h3-5,10,16H,7-9H2,1-2H3. The molecule has 1 aromatic rings. The number of rotatable bonds is 6. The van der Waals surface area contributed by atoms with Crippen molar-refractivity contribution in [2.45, 2.75) is 13.5 Å². The fourth-order valence-corrected chi connectivity index (χ4v) is 2.26. The summed E-state index contributed by atoms with van der Waals surface area (Å²) in [5.41, 5.74) is 1.06. The summed E-state index contributed by atoms with van der Waals surface area (Å²) in [6.07, 6.45) is 2.09. The van der Waals surface area contributed by atoms with E-state index in [0.29, 0.717) is 12.5 Å². The molecule has 0 saturated heterocycles. The molecular weight excluding hydrogens is 235 g/mol. The van der Waals surface area contributed by atoms with Crippen LogP contribution in [0, 0.1) is 23.1 Å². The second-order valence-corrected chi connectivity index (χ2v) is 5.03. The van der Waals surface area contributed by atoms with Gasteiger partial charge >= 0.3 is 0 Å². The maximum absolute atomic E-state index is 13.1. The van der Waals surface area contributed by atoms with Crippen molar-refractivity contribution in [2.24, 2.45) is 5.92 Å². The Morgan fingerprint density at radius 2 is 2.29 bits per heavy atom. The van der Waals surface area contributed by atoms with E-state index in [9.17, 15) is 4.39 Å². The van der Waals surface area contributed by atoms with Gasteiger partial charge in [-0.05, 0) is 42.2 Å². The molecule has 0 fully saturated rings. The summed E-state index contributed by atoms with van der Waals surface area (Å²) in [6.45, 7) is 3.79. The van der Waals surface area contributed by atoms with Crippen LogP contribution < -0.4 is 5.32 Å². The van der Waals surface area contributed by atoms with Crippen LogP contribution in [-0.2, 0) is 6.54 Å². The van der Waals surface area contributed by atoms with Crippen molar-refractivity contribution >= 4 is 11.8 Å². The van der Waals surface area contributed by atoms with E-state index in [1.165, 1.54) is 6.07 Å². The van der Waals surface area contributed by atoms with Gasteiger partial charge in [0.05, 0.1) is 5.56 Å². The number of benzene rings is 1. The highest BCUT2D eigenvalue weighted by atomic mass is 32.2. The van der Waals surface area contributed by atoms with E-state index in [1.54, 1.807) is 12.1 Å². The van der Waals surface area contributed by atoms with Gasteiger partial charge in [-0.3, -0.25) is 0 Å². The average molecular weight is 252 g/mol. The van der Waals surface area contributed by atoms with Crippen LogP contribution in [0.3, 0.4) is 0 Å². The molecular formula is C13H17FN2S. The molecule has 0 spiro atoms. The zero-order valence-electron chi connectivity index (χ0n) is 10.2. The van der Waals surface area contributed by atoms with Crippen LogP contribution >= 0.6 is 11.8 Å². The molecule has 0 aliphatic rings. The number of nitriles is 1. The first-order valence-electron chi connectivity index (χ1n) is 5.55.